The topological polar surface area (TPSA) is 172 Å². The van der Waals surface area contributed by atoms with Crippen LogP contribution in [-0.2, 0) is 51.7 Å². The highest BCUT2D eigenvalue weighted by molar-refractivity contribution is 7.94. The quantitative estimate of drug-likeness (QED) is 0.0492. The molecule has 5 aliphatic rings. The summed E-state index contributed by atoms with van der Waals surface area (Å²) in [7, 11) is -8.33. The summed E-state index contributed by atoms with van der Waals surface area (Å²) in [6.07, 6.45) is -8.52. The minimum Gasteiger partial charge on any atom is -0.350 e. The van der Waals surface area contributed by atoms with Gasteiger partial charge < -0.3 is 14.5 Å². The molecule has 4 aromatic rings. The molecule has 2 aliphatic carbocycles. The maximum atomic E-state index is 14.1. The second kappa shape index (κ2) is 25.1. The van der Waals surface area contributed by atoms with Crippen LogP contribution in [0, 0.1) is 0 Å². The number of halogens is 11. The lowest BCUT2D eigenvalue weighted by Gasteiger charge is -2.40. The van der Waals surface area contributed by atoms with E-state index in [1.807, 2.05) is 0 Å². The molecule has 4 aromatic carbocycles. The Morgan fingerprint density at radius 3 is 1.20 bits per heavy atom. The number of ether oxygens (including phenoxy) is 1. The summed E-state index contributed by atoms with van der Waals surface area (Å²) in [5.74, 6) is -11.2. The van der Waals surface area contributed by atoms with Crippen LogP contribution in [0.2, 0.25) is 0 Å². The number of carbonyl (C=O) groups is 2. The van der Waals surface area contributed by atoms with Gasteiger partial charge in [0.25, 0.3) is 11.8 Å². The van der Waals surface area contributed by atoms with E-state index in [0.29, 0.717) is 84.7 Å². The Hall–Kier alpha value is -4.89. The van der Waals surface area contributed by atoms with Gasteiger partial charge in [0.1, 0.15) is 0 Å². The molecule has 1 atom stereocenters. The predicted molar refractivity (Wildman–Crippen MR) is 280 cm³/mol. The molecule has 0 aromatic heterocycles. The van der Waals surface area contributed by atoms with Crippen LogP contribution in [0.15, 0.2) is 107 Å². The molecular weight excluding hydrogens is 1150 g/mol. The average Bonchev–Trinajstić information content (AvgIpc) is 4.55. The van der Waals surface area contributed by atoms with Gasteiger partial charge in [0.2, 0.25) is 0 Å². The summed E-state index contributed by atoms with van der Waals surface area (Å²) in [6, 6.07) is 24.8. The zero-order valence-corrected chi connectivity index (χ0v) is 46.2. The van der Waals surface area contributed by atoms with E-state index >= 15 is 0 Å². The maximum Gasteiger partial charge on any atom is 0.453 e. The van der Waals surface area contributed by atoms with Crippen molar-refractivity contribution in [3.05, 3.63) is 108 Å². The number of carbonyl (C=O) groups excluding carboxylic acids is 2. The number of alkyl halides is 10. The summed E-state index contributed by atoms with van der Waals surface area (Å²) < 4.78 is 185. The number of hydrogen-bond donors (Lipinski definition) is 3. The molecule has 2 amide bonds. The standard InChI is InChI=1S/C30H35F5N2O5S.C25H27F5N2O4S.ClH/c31-29(32,30(33,34)35)15-14-21-4-6-22(7-5-21)23-8-12-25(13-9-23)43(39,40)28(16-18-37(19-17-28)24-10-11-24)27(38)36-42-26-3-1-2-20-41-26;26-24(27,25(28,29)30)12-11-17-1-3-18(4-2-17)19-5-9-21(10-6-19)37(35,36)23(22(33)31-34)13-15-32(16-14-23)20-7-8-20;/h4-9,12-13,24,26H,1-3,10-11,14-20H2,(H,36,38);1-6,9-10,20,34H,7-8,11-16H2,(H,31,33);1H. The Bertz CT molecular complexity index is 3000. The molecule has 5 fully saturated rings. The average molecular weight is 1210 g/mol. The minimum absolute atomic E-state index is 0. The van der Waals surface area contributed by atoms with Gasteiger partial charge in [0.15, 0.2) is 35.5 Å². The van der Waals surface area contributed by atoms with Gasteiger partial charge in [-0.1, -0.05) is 72.8 Å². The van der Waals surface area contributed by atoms with Crippen LogP contribution in [0.1, 0.15) is 94.6 Å². The zero-order chi connectivity index (χ0) is 57.9. The van der Waals surface area contributed by atoms with E-state index in [-0.39, 0.29) is 47.9 Å². The summed E-state index contributed by atoms with van der Waals surface area (Å²) >= 11 is 0. The highest BCUT2D eigenvalue weighted by Gasteiger charge is 2.58. The summed E-state index contributed by atoms with van der Waals surface area (Å²) in [4.78, 5) is 36.0. The van der Waals surface area contributed by atoms with Gasteiger partial charge in [0.05, 0.1) is 9.79 Å². The van der Waals surface area contributed by atoms with Crippen molar-refractivity contribution in [2.75, 3.05) is 32.8 Å². The molecular formula is C55H63ClF10N4O9S2. The Morgan fingerprint density at radius 2 is 0.889 bits per heavy atom. The zero-order valence-electron chi connectivity index (χ0n) is 43.7. The molecule has 13 nitrogen and oxygen atoms in total. The lowest BCUT2D eigenvalue weighted by molar-refractivity contribution is -0.284. The van der Waals surface area contributed by atoms with Gasteiger partial charge in [-0.05, 0) is 135 Å². The highest BCUT2D eigenvalue weighted by Crippen LogP contribution is 2.44. The van der Waals surface area contributed by atoms with Crippen LogP contribution in [-0.4, -0.2) is 129 Å². The maximum absolute atomic E-state index is 14.1. The number of aryl methyl sites for hydroxylation is 2. The summed E-state index contributed by atoms with van der Waals surface area (Å²) in [5.41, 5.74) is 7.00. The molecule has 0 spiro atoms. The van der Waals surface area contributed by atoms with Crippen LogP contribution < -0.4 is 11.0 Å². The van der Waals surface area contributed by atoms with Gasteiger partial charge in [0, 0.05) is 64.1 Å². The number of nitrogens with one attached hydrogen (secondary N) is 2. The number of benzene rings is 4. The van der Waals surface area contributed by atoms with Crippen molar-refractivity contribution in [1.82, 2.24) is 20.8 Å². The smallest absolute Gasteiger partial charge is 0.350 e. The molecule has 81 heavy (non-hydrogen) atoms. The third-order valence-corrected chi connectivity index (χ3v) is 20.9. The van der Waals surface area contributed by atoms with Crippen LogP contribution in [0.4, 0.5) is 43.9 Å². The van der Waals surface area contributed by atoms with Crippen molar-refractivity contribution in [2.45, 2.75) is 158 Å². The Kier molecular flexibility index (Phi) is 19.8. The van der Waals surface area contributed by atoms with E-state index in [4.69, 9.17) is 9.57 Å². The summed E-state index contributed by atoms with van der Waals surface area (Å²) in [5, 5.41) is 9.31. The van der Waals surface area contributed by atoms with E-state index in [1.54, 1.807) is 36.4 Å². The summed E-state index contributed by atoms with van der Waals surface area (Å²) in [6.45, 7) is 2.30. The van der Waals surface area contributed by atoms with Gasteiger partial charge in [-0.25, -0.2) is 32.6 Å². The number of hydrogen-bond acceptors (Lipinski definition) is 11. The van der Waals surface area contributed by atoms with Gasteiger partial charge in [-0.3, -0.25) is 14.8 Å². The number of amides is 2. The number of hydroxylamine groups is 2. The van der Waals surface area contributed by atoms with Crippen LogP contribution in [0.5, 0.6) is 0 Å². The molecule has 3 heterocycles. The fourth-order valence-corrected chi connectivity index (χ4v) is 14.4. The fourth-order valence-electron chi connectivity index (χ4n) is 10.5. The normalized spacial score (nSPS) is 20.3. The lowest BCUT2D eigenvalue weighted by Crippen LogP contribution is -2.58. The molecule has 26 heteroatoms. The molecule has 2 saturated carbocycles. The Labute approximate surface area is 469 Å². The van der Waals surface area contributed by atoms with E-state index in [1.165, 1.54) is 66.1 Å². The molecule has 0 bridgehead atoms. The number of nitrogens with zero attached hydrogens (tertiary/aromatic N) is 2. The molecule has 9 rings (SSSR count). The minimum atomic E-state index is -5.60. The molecule has 3 N–H and O–H groups in total. The molecule has 3 saturated heterocycles. The number of piperidine rings is 2. The first-order valence-corrected chi connectivity index (χ1v) is 29.4. The van der Waals surface area contributed by atoms with Crippen molar-refractivity contribution in [2.24, 2.45) is 0 Å². The van der Waals surface area contributed by atoms with Gasteiger partial charge >= 0.3 is 24.2 Å². The van der Waals surface area contributed by atoms with Gasteiger partial charge in [-0.15, -0.1) is 12.4 Å². The second-order valence-electron chi connectivity index (χ2n) is 21.2. The molecule has 446 valence electrons. The van der Waals surface area contributed by atoms with E-state index in [0.717, 1.165) is 38.5 Å². The van der Waals surface area contributed by atoms with Crippen molar-refractivity contribution in [3.8, 4) is 22.3 Å². The van der Waals surface area contributed by atoms with Crippen molar-refractivity contribution < 1.29 is 85.1 Å². The largest absolute Gasteiger partial charge is 0.453 e. The molecule has 1 unspecified atom stereocenters. The van der Waals surface area contributed by atoms with E-state index in [9.17, 15) is 75.5 Å². The van der Waals surface area contributed by atoms with Crippen LogP contribution in [0.25, 0.3) is 22.3 Å². The van der Waals surface area contributed by atoms with Crippen LogP contribution >= 0.6 is 12.4 Å². The first-order valence-electron chi connectivity index (χ1n) is 26.4. The number of likely N-dealkylation sites (tertiary alicyclic amines) is 2. The predicted octanol–water partition coefficient (Wildman–Crippen LogP) is 11.0. The SMILES string of the molecule is Cl.O=C(NO)C1(S(=O)(=O)c2ccc(-c3ccc(CCC(F)(F)C(F)(F)F)cc3)cc2)CCN(C2CC2)CC1.O=C(NOC1CCCCO1)C1(S(=O)(=O)c2ccc(-c3ccc(CCC(F)(F)C(F)(F)F)cc3)cc2)CCN(C2CC2)CC1. The Morgan fingerprint density at radius 1 is 0.543 bits per heavy atom. The highest BCUT2D eigenvalue weighted by atomic mass is 35.5. The van der Waals surface area contributed by atoms with E-state index in [2.05, 4.69) is 15.3 Å². The first kappa shape index (κ1) is 63.7. The Balaban J connectivity index is 0.000000233. The van der Waals surface area contributed by atoms with Crippen molar-refractivity contribution in [1.29, 1.82) is 0 Å². The third-order valence-electron chi connectivity index (χ3n) is 15.9. The number of rotatable bonds is 18. The first-order chi connectivity index (χ1) is 37.6. The van der Waals surface area contributed by atoms with Gasteiger partial charge in [-0.2, -0.15) is 43.9 Å². The second-order valence-corrected chi connectivity index (χ2v) is 25.7. The van der Waals surface area contributed by atoms with Crippen LogP contribution in [0.3, 0.4) is 0 Å². The van der Waals surface area contributed by atoms with E-state index < -0.39 is 97.2 Å². The molecule has 3 aliphatic heterocycles. The number of sulfone groups is 2. The van der Waals surface area contributed by atoms with Crippen molar-refractivity contribution in [3.63, 3.8) is 0 Å². The van der Waals surface area contributed by atoms with Crippen molar-refractivity contribution >= 4 is 43.9 Å². The lowest BCUT2D eigenvalue weighted by atomic mass is 9.94. The monoisotopic (exact) mass is 1210 g/mol. The fraction of sp³-hybridized carbons (Fsp3) is 0.527. The molecule has 0 radical (unpaired) electrons. The third kappa shape index (κ3) is 14.2.